The van der Waals surface area contributed by atoms with Gasteiger partial charge in [-0.15, -0.1) is 0 Å². The zero-order chi connectivity index (χ0) is 15.0. The summed E-state index contributed by atoms with van der Waals surface area (Å²) in [7, 11) is -0.470. The predicted molar refractivity (Wildman–Crippen MR) is 72.9 cm³/mol. The second-order valence-corrected chi connectivity index (χ2v) is 5.88. The lowest BCUT2D eigenvalue weighted by molar-refractivity contribution is -0.0504. The summed E-state index contributed by atoms with van der Waals surface area (Å²) in [6.07, 6.45) is 0.371. The third-order valence-electron chi connectivity index (χ3n) is 3.88. The molecule has 6 heteroatoms. The van der Waals surface area contributed by atoms with Gasteiger partial charge in [-0.25, -0.2) is 0 Å². The van der Waals surface area contributed by atoms with Crippen LogP contribution < -0.4 is 4.74 Å². The Kier molecular flexibility index (Phi) is 4.07. The largest absolute Gasteiger partial charge is 0.462 e. The second kappa shape index (κ2) is 5.33. The van der Waals surface area contributed by atoms with Crippen LogP contribution in [0, 0.1) is 0 Å². The Balaban J connectivity index is 2.12. The Morgan fingerprint density at radius 3 is 2.20 bits per heavy atom. The van der Waals surface area contributed by atoms with Crippen molar-refractivity contribution in [2.75, 3.05) is 0 Å². The normalized spacial score (nSPS) is 20.4. The lowest BCUT2D eigenvalue weighted by Crippen LogP contribution is -2.41. The van der Waals surface area contributed by atoms with Crippen molar-refractivity contribution in [1.29, 1.82) is 0 Å². The SMILES string of the molecule is CC1(C)OB(Cc2ccccc2OC(F)F)OC1(C)C. The van der Waals surface area contributed by atoms with Crippen molar-refractivity contribution >= 4 is 7.12 Å². The molecule has 0 N–H and O–H groups in total. The van der Waals surface area contributed by atoms with Crippen molar-refractivity contribution in [3.05, 3.63) is 29.8 Å². The van der Waals surface area contributed by atoms with Crippen LogP contribution in [0.3, 0.4) is 0 Å². The zero-order valence-corrected chi connectivity index (χ0v) is 12.2. The monoisotopic (exact) mass is 284 g/mol. The molecule has 0 aliphatic carbocycles. The molecule has 1 aliphatic rings. The predicted octanol–water partition coefficient (Wildman–Crippen LogP) is 3.46. The summed E-state index contributed by atoms with van der Waals surface area (Å²) in [5, 5.41) is 0. The van der Waals surface area contributed by atoms with Crippen LogP contribution in [0.5, 0.6) is 5.75 Å². The van der Waals surface area contributed by atoms with Gasteiger partial charge in [-0.3, -0.25) is 0 Å². The van der Waals surface area contributed by atoms with Crippen molar-refractivity contribution in [1.82, 2.24) is 0 Å². The smallest absolute Gasteiger partial charge is 0.435 e. The molecule has 3 nitrogen and oxygen atoms in total. The highest BCUT2D eigenvalue weighted by molar-refractivity contribution is 6.45. The van der Waals surface area contributed by atoms with E-state index in [-0.39, 0.29) is 5.75 Å². The van der Waals surface area contributed by atoms with Crippen LogP contribution in [0.25, 0.3) is 0 Å². The summed E-state index contributed by atoms with van der Waals surface area (Å²) >= 11 is 0. The van der Waals surface area contributed by atoms with E-state index in [4.69, 9.17) is 9.31 Å². The van der Waals surface area contributed by atoms with Crippen LogP contribution in [-0.2, 0) is 15.6 Å². The molecule has 0 amide bonds. The topological polar surface area (TPSA) is 27.7 Å². The van der Waals surface area contributed by atoms with Gasteiger partial charge in [0.25, 0.3) is 0 Å². The average Bonchev–Trinajstić information content (AvgIpc) is 2.49. The fraction of sp³-hybridized carbons (Fsp3) is 0.571. The first-order chi connectivity index (χ1) is 9.21. The van der Waals surface area contributed by atoms with E-state index in [9.17, 15) is 8.78 Å². The number of rotatable bonds is 4. The van der Waals surface area contributed by atoms with E-state index < -0.39 is 24.9 Å². The standard InChI is InChI=1S/C14H19BF2O3/c1-13(2)14(3,4)20-15(19-13)9-10-7-5-6-8-11(10)18-12(16)17/h5-8,12H,9H2,1-4H3. The van der Waals surface area contributed by atoms with Crippen LogP contribution in [0.1, 0.15) is 33.3 Å². The molecule has 1 heterocycles. The molecule has 1 aromatic rings. The minimum atomic E-state index is -2.84. The van der Waals surface area contributed by atoms with Gasteiger partial charge in [-0.1, -0.05) is 18.2 Å². The Morgan fingerprint density at radius 1 is 1.10 bits per heavy atom. The highest BCUT2D eigenvalue weighted by Gasteiger charge is 2.50. The number of hydrogen-bond donors (Lipinski definition) is 0. The molecular formula is C14H19BF2O3. The van der Waals surface area contributed by atoms with Gasteiger partial charge in [0.05, 0.1) is 11.2 Å². The molecule has 2 rings (SSSR count). The van der Waals surface area contributed by atoms with E-state index in [0.717, 1.165) is 0 Å². The van der Waals surface area contributed by atoms with Gasteiger partial charge >= 0.3 is 13.7 Å². The van der Waals surface area contributed by atoms with Crippen LogP contribution in [0.15, 0.2) is 24.3 Å². The first kappa shape index (κ1) is 15.3. The zero-order valence-electron chi connectivity index (χ0n) is 12.2. The molecule has 1 saturated heterocycles. The molecule has 0 saturated carbocycles. The summed E-state index contributed by atoms with van der Waals surface area (Å²) < 4.78 is 41.0. The van der Waals surface area contributed by atoms with E-state index in [1.165, 1.54) is 6.07 Å². The van der Waals surface area contributed by atoms with Crippen molar-refractivity contribution in [3.63, 3.8) is 0 Å². The first-order valence-corrected chi connectivity index (χ1v) is 6.60. The van der Waals surface area contributed by atoms with Gasteiger partial charge in [-0.2, -0.15) is 8.78 Å². The maximum atomic E-state index is 12.4. The molecule has 0 aromatic heterocycles. The summed E-state index contributed by atoms with van der Waals surface area (Å²) in [6.45, 7) is 4.97. The first-order valence-electron chi connectivity index (χ1n) is 6.60. The summed E-state index contributed by atoms with van der Waals surface area (Å²) in [5.74, 6) is 0.164. The third-order valence-corrected chi connectivity index (χ3v) is 3.88. The molecule has 1 aromatic carbocycles. The Hall–Kier alpha value is -1.14. The number of benzene rings is 1. The molecule has 0 spiro atoms. The fourth-order valence-corrected chi connectivity index (χ4v) is 2.11. The molecule has 110 valence electrons. The number of halogens is 2. The lowest BCUT2D eigenvalue weighted by Gasteiger charge is -2.32. The summed E-state index contributed by atoms with van der Waals surface area (Å²) in [6, 6.07) is 6.69. The van der Waals surface area contributed by atoms with Crippen molar-refractivity contribution < 1.29 is 22.8 Å². The van der Waals surface area contributed by atoms with E-state index >= 15 is 0 Å². The Labute approximate surface area is 118 Å². The van der Waals surface area contributed by atoms with Gasteiger partial charge in [0.1, 0.15) is 5.75 Å². The van der Waals surface area contributed by atoms with E-state index in [1.54, 1.807) is 18.2 Å². The third kappa shape index (κ3) is 3.12. The van der Waals surface area contributed by atoms with Gasteiger partial charge in [0.15, 0.2) is 0 Å². The van der Waals surface area contributed by atoms with Gasteiger partial charge < -0.3 is 14.0 Å². The van der Waals surface area contributed by atoms with Gasteiger partial charge in [-0.05, 0) is 39.3 Å². The lowest BCUT2D eigenvalue weighted by atomic mass is 9.80. The fourth-order valence-electron chi connectivity index (χ4n) is 2.11. The summed E-state index contributed by atoms with van der Waals surface area (Å²) in [5.41, 5.74) is -0.224. The molecule has 0 bridgehead atoms. The maximum Gasteiger partial charge on any atom is 0.462 e. The number of ether oxygens (including phenoxy) is 1. The van der Waals surface area contributed by atoms with Gasteiger partial charge in [0, 0.05) is 6.32 Å². The van der Waals surface area contributed by atoms with E-state index in [2.05, 4.69) is 4.74 Å². The Bertz CT molecular complexity index is 461. The van der Waals surface area contributed by atoms with Crippen LogP contribution in [-0.4, -0.2) is 24.9 Å². The summed E-state index contributed by atoms with van der Waals surface area (Å²) in [4.78, 5) is 0. The van der Waals surface area contributed by atoms with Crippen molar-refractivity contribution in [2.45, 2.75) is 51.8 Å². The van der Waals surface area contributed by atoms with Crippen LogP contribution >= 0.6 is 0 Å². The molecule has 1 aliphatic heterocycles. The molecule has 20 heavy (non-hydrogen) atoms. The minimum absolute atomic E-state index is 0.164. The van der Waals surface area contributed by atoms with Crippen LogP contribution in [0.2, 0.25) is 0 Å². The second-order valence-electron chi connectivity index (χ2n) is 5.88. The Morgan fingerprint density at radius 2 is 1.65 bits per heavy atom. The number of hydrogen-bond acceptors (Lipinski definition) is 3. The molecule has 0 atom stereocenters. The highest BCUT2D eigenvalue weighted by atomic mass is 19.3. The number of alkyl halides is 2. The molecule has 0 unspecified atom stereocenters. The van der Waals surface area contributed by atoms with Crippen LogP contribution in [0.4, 0.5) is 8.78 Å². The van der Waals surface area contributed by atoms with E-state index in [0.29, 0.717) is 11.9 Å². The molecule has 0 radical (unpaired) electrons. The van der Waals surface area contributed by atoms with Crippen molar-refractivity contribution in [2.24, 2.45) is 0 Å². The average molecular weight is 284 g/mol. The minimum Gasteiger partial charge on any atom is -0.435 e. The van der Waals surface area contributed by atoms with E-state index in [1.807, 2.05) is 27.7 Å². The molecular weight excluding hydrogens is 265 g/mol. The van der Waals surface area contributed by atoms with Crippen molar-refractivity contribution in [3.8, 4) is 5.75 Å². The quantitative estimate of drug-likeness (QED) is 0.792. The van der Waals surface area contributed by atoms with Gasteiger partial charge in [0.2, 0.25) is 0 Å². The number of para-hydroxylation sites is 1. The highest BCUT2D eigenvalue weighted by Crippen LogP contribution is 2.38. The maximum absolute atomic E-state index is 12.4. The molecule has 1 fully saturated rings.